The molecule has 1 saturated carbocycles. The fraction of sp³-hybridized carbons (Fsp3) is 0.225. The molecule has 0 saturated heterocycles. The van der Waals surface area contributed by atoms with E-state index >= 15 is 0 Å². The van der Waals surface area contributed by atoms with Gasteiger partial charge in [-0.2, -0.15) is 0 Å². The maximum Gasteiger partial charge on any atom is 0.178 e. The summed E-state index contributed by atoms with van der Waals surface area (Å²) in [7, 11) is 0. The number of ether oxygens (including phenoxy) is 1. The molecule has 2 aliphatic carbocycles. The van der Waals surface area contributed by atoms with Crippen molar-refractivity contribution >= 4 is 23.1 Å². The van der Waals surface area contributed by atoms with Gasteiger partial charge in [-0.3, -0.25) is 4.79 Å². The highest BCUT2D eigenvalue weighted by molar-refractivity contribution is 6.06. The van der Waals surface area contributed by atoms with Gasteiger partial charge in [-0.05, 0) is 76.8 Å². The molecule has 5 aromatic carbocycles. The molecule has 206 valence electrons. The molecule has 0 spiro atoms. The summed E-state index contributed by atoms with van der Waals surface area (Å²) in [5.41, 5.74) is 9.91. The third-order valence-electron chi connectivity index (χ3n) is 9.88. The SMILES string of the molecule is O=Cc1ccc(C2(c3ccc(C4CCCCC4)cc3)C=Cc3c(c4c(c5ccccc35)-c3ccccc3CC4)O2)cc1. The number of hydrogen-bond donors (Lipinski definition) is 0. The molecule has 0 radical (unpaired) electrons. The Morgan fingerprint density at radius 2 is 1.40 bits per heavy atom. The number of carbonyl (C=O) groups excluding carboxylic acids is 1. The standard InChI is InChI=1S/C40H34O2/c41-26-27-14-19-31(20-15-27)40(32-21-16-29(17-22-32)28-8-2-1-3-9-28)25-24-36-34-12-6-7-13-35(34)38-33-11-5-4-10-30(33)18-23-37(38)39(36)42-40/h4-7,10-17,19-22,24-26,28H,1-3,8-9,18,23H2. The van der Waals surface area contributed by atoms with Crippen molar-refractivity contribution in [2.45, 2.75) is 56.5 Å². The first-order valence-electron chi connectivity index (χ1n) is 15.5. The number of benzene rings is 5. The Hall–Kier alpha value is -4.43. The number of fused-ring (bicyclic) bond motifs is 8. The van der Waals surface area contributed by atoms with Crippen molar-refractivity contribution in [3.8, 4) is 16.9 Å². The van der Waals surface area contributed by atoms with E-state index in [1.54, 1.807) is 0 Å². The van der Waals surface area contributed by atoms with Gasteiger partial charge >= 0.3 is 0 Å². The average Bonchev–Trinajstić information content (AvgIpc) is 3.08. The predicted molar refractivity (Wildman–Crippen MR) is 171 cm³/mol. The van der Waals surface area contributed by atoms with E-state index in [1.165, 1.54) is 70.7 Å². The third-order valence-corrected chi connectivity index (χ3v) is 9.88. The van der Waals surface area contributed by atoms with E-state index in [-0.39, 0.29) is 0 Å². The van der Waals surface area contributed by atoms with Crippen molar-refractivity contribution in [1.82, 2.24) is 0 Å². The second kappa shape index (κ2) is 10.1. The summed E-state index contributed by atoms with van der Waals surface area (Å²) in [6.45, 7) is 0. The Morgan fingerprint density at radius 1 is 0.714 bits per heavy atom. The van der Waals surface area contributed by atoms with E-state index in [9.17, 15) is 4.79 Å². The summed E-state index contributed by atoms with van der Waals surface area (Å²) in [5.74, 6) is 1.63. The molecule has 2 nitrogen and oxygen atoms in total. The molecule has 0 aromatic heterocycles. The van der Waals surface area contributed by atoms with Gasteiger partial charge in [0.1, 0.15) is 12.0 Å². The summed E-state index contributed by atoms with van der Waals surface area (Å²) >= 11 is 0. The average molecular weight is 547 g/mol. The van der Waals surface area contributed by atoms with E-state index in [1.807, 2.05) is 12.1 Å². The Kier molecular flexibility index (Phi) is 6.10. The van der Waals surface area contributed by atoms with E-state index in [0.717, 1.165) is 41.6 Å². The van der Waals surface area contributed by atoms with Gasteiger partial charge in [0.25, 0.3) is 0 Å². The number of hydrogen-bond acceptors (Lipinski definition) is 2. The summed E-state index contributed by atoms with van der Waals surface area (Å²) in [6.07, 6.45) is 13.9. The molecule has 0 amide bonds. The molecule has 3 aliphatic rings. The van der Waals surface area contributed by atoms with Crippen LogP contribution in [0.5, 0.6) is 5.75 Å². The van der Waals surface area contributed by atoms with Gasteiger partial charge in [0.2, 0.25) is 0 Å². The highest BCUT2D eigenvalue weighted by Crippen LogP contribution is 2.51. The van der Waals surface area contributed by atoms with E-state index in [0.29, 0.717) is 11.5 Å². The summed E-state index contributed by atoms with van der Waals surface area (Å²) in [6, 6.07) is 34.7. The van der Waals surface area contributed by atoms with Gasteiger partial charge in [0, 0.05) is 27.8 Å². The Balaban J connectivity index is 1.33. The first-order valence-corrected chi connectivity index (χ1v) is 15.5. The highest BCUT2D eigenvalue weighted by Gasteiger charge is 2.40. The highest BCUT2D eigenvalue weighted by atomic mass is 16.5. The number of carbonyl (C=O) groups is 1. The molecule has 2 heteroatoms. The molecule has 1 heterocycles. The van der Waals surface area contributed by atoms with Crippen LogP contribution in [0, 0.1) is 0 Å². The smallest absolute Gasteiger partial charge is 0.178 e. The van der Waals surface area contributed by atoms with Gasteiger partial charge in [0.15, 0.2) is 5.60 Å². The van der Waals surface area contributed by atoms with Crippen LogP contribution in [0.2, 0.25) is 0 Å². The molecule has 1 unspecified atom stereocenters. The van der Waals surface area contributed by atoms with Crippen molar-refractivity contribution in [3.05, 3.63) is 142 Å². The van der Waals surface area contributed by atoms with Crippen LogP contribution in [-0.2, 0) is 18.4 Å². The predicted octanol–water partition coefficient (Wildman–Crippen LogP) is 9.81. The normalized spacial score (nSPS) is 19.4. The lowest BCUT2D eigenvalue weighted by Gasteiger charge is -2.39. The van der Waals surface area contributed by atoms with Crippen LogP contribution < -0.4 is 4.74 Å². The first kappa shape index (κ1) is 25.3. The third kappa shape index (κ3) is 3.96. The zero-order valence-corrected chi connectivity index (χ0v) is 23.8. The van der Waals surface area contributed by atoms with Crippen LogP contribution >= 0.6 is 0 Å². The maximum atomic E-state index is 11.5. The van der Waals surface area contributed by atoms with Crippen molar-refractivity contribution in [1.29, 1.82) is 0 Å². The van der Waals surface area contributed by atoms with Gasteiger partial charge in [-0.25, -0.2) is 0 Å². The van der Waals surface area contributed by atoms with Crippen molar-refractivity contribution < 1.29 is 9.53 Å². The molecule has 1 aliphatic heterocycles. The molecule has 0 N–H and O–H groups in total. The second-order valence-corrected chi connectivity index (χ2v) is 12.2. The number of aryl methyl sites for hydroxylation is 1. The van der Waals surface area contributed by atoms with E-state index in [4.69, 9.17) is 4.74 Å². The fourth-order valence-corrected chi connectivity index (χ4v) is 7.69. The van der Waals surface area contributed by atoms with Gasteiger partial charge in [-0.1, -0.05) is 116 Å². The minimum Gasteiger partial charge on any atom is -0.473 e. The fourth-order valence-electron chi connectivity index (χ4n) is 7.69. The molecular weight excluding hydrogens is 512 g/mol. The minimum atomic E-state index is -0.799. The molecule has 5 aromatic rings. The Morgan fingerprint density at radius 3 is 2.17 bits per heavy atom. The Bertz CT molecular complexity index is 1840. The van der Waals surface area contributed by atoms with Crippen molar-refractivity contribution in [3.63, 3.8) is 0 Å². The lowest BCUT2D eigenvalue weighted by molar-refractivity contribution is 0.112. The molecule has 42 heavy (non-hydrogen) atoms. The van der Waals surface area contributed by atoms with Gasteiger partial charge in [-0.15, -0.1) is 0 Å². The van der Waals surface area contributed by atoms with E-state index < -0.39 is 5.60 Å². The van der Waals surface area contributed by atoms with Gasteiger partial charge < -0.3 is 4.74 Å². The summed E-state index contributed by atoms with van der Waals surface area (Å²) in [4.78, 5) is 11.5. The molecule has 8 rings (SSSR count). The first-order chi connectivity index (χ1) is 20.7. The van der Waals surface area contributed by atoms with Crippen LogP contribution in [0.15, 0.2) is 103 Å². The topological polar surface area (TPSA) is 26.3 Å². The van der Waals surface area contributed by atoms with Crippen LogP contribution in [0.1, 0.15) is 81.8 Å². The summed E-state index contributed by atoms with van der Waals surface area (Å²) in [5, 5.41) is 2.50. The van der Waals surface area contributed by atoms with Crippen LogP contribution in [0.3, 0.4) is 0 Å². The number of rotatable bonds is 4. The lowest BCUT2D eigenvalue weighted by atomic mass is 9.77. The lowest BCUT2D eigenvalue weighted by Crippen LogP contribution is -2.35. The largest absolute Gasteiger partial charge is 0.473 e. The molecular formula is C40H34O2. The zero-order valence-electron chi connectivity index (χ0n) is 23.8. The Labute approximate surface area is 247 Å². The van der Waals surface area contributed by atoms with Gasteiger partial charge in [0.05, 0.1) is 0 Å². The van der Waals surface area contributed by atoms with Crippen LogP contribution in [-0.4, -0.2) is 6.29 Å². The maximum absolute atomic E-state index is 11.5. The molecule has 1 atom stereocenters. The summed E-state index contributed by atoms with van der Waals surface area (Å²) < 4.78 is 7.40. The van der Waals surface area contributed by atoms with Crippen molar-refractivity contribution in [2.24, 2.45) is 0 Å². The molecule has 0 bridgehead atoms. The van der Waals surface area contributed by atoms with E-state index in [2.05, 4.69) is 97.1 Å². The second-order valence-electron chi connectivity index (χ2n) is 12.2. The zero-order chi connectivity index (χ0) is 28.1. The quantitative estimate of drug-likeness (QED) is 0.210. The number of aldehydes is 1. The van der Waals surface area contributed by atoms with Crippen LogP contribution in [0.4, 0.5) is 0 Å². The monoisotopic (exact) mass is 546 g/mol. The van der Waals surface area contributed by atoms with Crippen molar-refractivity contribution in [2.75, 3.05) is 0 Å². The molecule has 1 fully saturated rings. The minimum absolute atomic E-state index is 0.651. The van der Waals surface area contributed by atoms with Crippen LogP contribution in [0.25, 0.3) is 28.0 Å².